The standard InChI is InChI=1S/C23H42O2S/c1-22(2)25-20-15-19-24-18-13-11-9-7-5-3-4-6-8-10-12-16-23-17-14-21-26-23/h14,17,21-22H,3-13,15-16,18-20H2,1-2H3. The number of thiophene rings is 1. The molecule has 0 bridgehead atoms. The van der Waals surface area contributed by atoms with Crippen LogP contribution >= 0.6 is 11.3 Å². The Labute approximate surface area is 166 Å². The molecule has 0 amide bonds. The van der Waals surface area contributed by atoms with E-state index in [4.69, 9.17) is 9.47 Å². The highest BCUT2D eigenvalue weighted by Gasteiger charge is 1.97. The first-order chi connectivity index (χ1) is 12.8. The van der Waals surface area contributed by atoms with Crippen molar-refractivity contribution in [3.05, 3.63) is 22.4 Å². The minimum atomic E-state index is 0.339. The van der Waals surface area contributed by atoms with Crippen LogP contribution in [0.3, 0.4) is 0 Å². The van der Waals surface area contributed by atoms with Gasteiger partial charge in [-0.05, 0) is 51.0 Å². The number of rotatable bonds is 19. The maximum atomic E-state index is 5.65. The largest absolute Gasteiger partial charge is 0.381 e. The summed E-state index contributed by atoms with van der Waals surface area (Å²) in [5.74, 6) is 0. The summed E-state index contributed by atoms with van der Waals surface area (Å²) in [6.45, 7) is 6.75. The highest BCUT2D eigenvalue weighted by Crippen LogP contribution is 2.15. The van der Waals surface area contributed by atoms with Gasteiger partial charge >= 0.3 is 0 Å². The molecule has 0 atom stereocenters. The smallest absolute Gasteiger partial charge is 0.0518 e. The van der Waals surface area contributed by atoms with Crippen LogP contribution in [0.25, 0.3) is 0 Å². The van der Waals surface area contributed by atoms with Gasteiger partial charge in [-0.3, -0.25) is 0 Å². The van der Waals surface area contributed by atoms with E-state index in [9.17, 15) is 0 Å². The molecule has 1 aromatic rings. The van der Waals surface area contributed by atoms with Crippen molar-refractivity contribution >= 4 is 11.3 Å². The van der Waals surface area contributed by atoms with E-state index in [0.29, 0.717) is 6.10 Å². The molecule has 26 heavy (non-hydrogen) atoms. The molecule has 152 valence electrons. The Bertz CT molecular complexity index is 376. The number of hydrogen-bond donors (Lipinski definition) is 0. The zero-order chi connectivity index (χ0) is 18.7. The van der Waals surface area contributed by atoms with Gasteiger partial charge in [0.05, 0.1) is 6.10 Å². The van der Waals surface area contributed by atoms with Gasteiger partial charge in [0.1, 0.15) is 0 Å². The number of hydrogen-bond acceptors (Lipinski definition) is 3. The van der Waals surface area contributed by atoms with Crippen molar-refractivity contribution in [2.24, 2.45) is 0 Å². The fraction of sp³-hybridized carbons (Fsp3) is 0.826. The van der Waals surface area contributed by atoms with Crippen molar-refractivity contribution in [1.29, 1.82) is 0 Å². The normalized spacial score (nSPS) is 11.5. The van der Waals surface area contributed by atoms with Gasteiger partial charge in [-0.1, -0.05) is 63.9 Å². The van der Waals surface area contributed by atoms with Crippen LogP contribution in [0.4, 0.5) is 0 Å². The van der Waals surface area contributed by atoms with Crippen LogP contribution in [0.15, 0.2) is 17.5 Å². The Morgan fingerprint density at radius 1 is 0.731 bits per heavy atom. The van der Waals surface area contributed by atoms with Crippen molar-refractivity contribution in [2.75, 3.05) is 19.8 Å². The van der Waals surface area contributed by atoms with Crippen molar-refractivity contribution in [3.8, 4) is 0 Å². The second kappa shape index (κ2) is 18.0. The van der Waals surface area contributed by atoms with Gasteiger partial charge < -0.3 is 9.47 Å². The Balaban J connectivity index is 1.66. The zero-order valence-corrected chi connectivity index (χ0v) is 18.2. The van der Waals surface area contributed by atoms with Gasteiger partial charge in [-0.15, -0.1) is 11.3 Å². The van der Waals surface area contributed by atoms with Gasteiger partial charge in [0, 0.05) is 24.7 Å². The fourth-order valence-electron chi connectivity index (χ4n) is 3.13. The molecule has 2 nitrogen and oxygen atoms in total. The van der Waals surface area contributed by atoms with E-state index in [0.717, 1.165) is 26.2 Å². The molecule has 0 aromatic carbocycles. The highest BCUT2D eigenvalue weighted by molar-refractivity contribution is 7.09. The van der Waals surface area contributed by atoms with E-state index >= 15 is 0 Å². The summed E-state index contributed by atoms with van der Waals surface area (Å²) in [6, 6.07) is 4.43. The molecule has 0 unspecified atom stereocenters. The Hall–Kier alpha value is -0.380. The van der Waals surface area contributed by atoms with Crippen LogP contribution in [-0.2, 0) is 15.9 Å². The maximum Gasteiger partial charge on any atom is 0.0518 e. The lowest BCUT2D eigenvalue weighted by atomic mass is 10.1. The highest BCUT2D eigenvalue weighted by atomic mass is 32.1. The summed E-state index contributed by atoms with van der Waals surface area (Å²) in [5.41, 5.74) is 0. The van der Waals surface area contributed by atoms with Crippen LogP contribution in [0.2, 0.25) is 0 Å². The molecule has 0 radical (unpaired) electrons. The Morgan fingerprint density at radius 3 is 1.88 bits per heavy atom. The third-order valence-electron chi connectivity index (χ3n) is 4.68. The molecular weight excluding hydrogens is 340 g/mol. The van der Waals surface area contributed by atoms with Gasteiger partial charge in [-0.25, -0.2) is 0 Å². The Kier molecular flexibility index (Phi) is 16.4. The molecule has 0 aliphatic carbocycles. The first-order valence-corrected chi connectivity index (χ1v) is 11.9. The van der Waals surface area contributed by atoms with Crippen molar-refractivity contribution in [2.45, 2.75) is 103 Å². The minimum Gasteiger partial charge on any atom is -0.381 e. The predicted octanol–water partition coefficient (Wildman–Crippen LogP) is 7.41. The summed E-state index contributed by atoms with van der Waals surface area (Å²) in [5, 5.41) is 2.19. The first-order valence-electron chi connectivity index (χ1n) is 11.0. The lowest BCUT2D eigenvalue weighted by Crippen LogP contribution is -2.07. The third-order valence-corrected chi connectivity index (χ3v) is 5.61. The Morgan fingerprint density at radius 2 is 1.31 bits per heavy atom. The quantitative estimate of drug-likeness (QED) is 0.232. The van der Waals surface area contributed by atoms with Crippen LogP contribution in [-0.4, -0.2) is 25.9 Å². The molecular formula is C23H42O2S. The molecule has 0 spiro atoms. The summed E-state index contributed by atoms with van der Waals surface area (Å²) in [4.78, 5) is 1.55. The second-order valence-corrected chi connectivity index (χ2v) is 8.64. The second-order valence-electron chi connectivity index (χ2n) is 7.60. The van der Waals surface area contributed by atoms with Crippen LogP contribution in [0.5, 0.6) is 0 Å². The van der Waals surface area contributed by atoms with Crippen LogP contribution < -0.4 is 0 Å². The lowest BCUT2D eigenvalue weighted by Gasteiger charge is -2.07. The summed E-state index contributed by atoms with van der Waals surface area (Å²) >= 11 is 1.90. The van der Waals surface area contributed by atoms with Crippen molar-refractivity contribution in [3.63, 3.8) is 0 Å². The summed E-state index contributed by atoms with van der Waals surface area (Å²) in [6.07, 6.45) is 17.9. The molecule has 0 fully saturated rings. The average Bonchev–Trinajstić information content (AvgIpc) is 3.14. The molecule has 0 aliphatic rings. The average molecular weight is 383 g/mol. The van der Waals surface area contributed by atoms with Gasteiger partial charge in [0.2, 0.25) is 0 Å². The van der Waals surface area contributed by atoms with E-state index in [1.165, 1.54) is 77.0 Å². The van der Waals surface area contributed by atoms with E-state index in [-0.39, 0.29) is 0 Å². The molecule has 1 rings (SSSR count). The van der Waals surface area contributed by atoms with Crippen LogP contribution in [0, 0.1) is 0 Å². The molecule has 1 heterocycles. The summed E-state index contributed by atoms with van der Waals surface area (Å²) in [7, 11) is 0. The molecule has 3 heteroatoms. The lowest BCUT2D eigenvalue weighted by molar-refractivity contribution is 0.0507. The van der Waals surface area contributed by atoms with Crippen molar-refractivity contribution < 1.29 is 9.47 Å². The number of ether oxygens (including phenoxy) is 2. The fourth-order valence-corrected chi connectivity index (χ4v) is 3.88. The van der Waals surface area contributed by atoms with E-state index in [1.807, 2.05) is 11.3 Å². The third kappa shape index (κ3) is 15.8. The molecule has 1 aromatic heterocycles. The summed E-state index contributed by atoms with van der Waals surface area (Å²) < 4.78 is 11.1. The number of unbranched alkanes of at least 4 members (excludes halogenated alkanes) is 10. The predicted molar refractivity (Wildman–Crippen MR) is 115 cm³/mol. The monoisotopic (exact) mass is 382 g/mol. The van der Waals surface area contributed by atoms with E-state index < -0.39 is 0 Å². The topological polar surface area (TPSA) is 18.5 Å². The molecule has 0 saturated heterocycles. The van der Waals surface area contributed by atoms with E-state index in [2.05, 4.69) is 31.4 Å². The molecule has 0 N–H and O–H groups in total. The van der Waals surface area contributed by atoms with Gasteiger partial charge in [-0.2, -0.15) is 0 Å². The zero-order valence-electron chi connectivity index (χ0n) is 17.3. The van der Waals surface area contributed by atoms with Crippen molar-refractivity contribution in [1.82, 2.24) is 0 Å². The first kappa shape index (κ1) is 23.7. The minimum absolute atomic E-state index is 0.339. The van der Waals surface area contributed by atoms with Crippen LogP contribution in [0.1, 0.15) is 95.8 Å². The SMILES string of the molecule is CC(C)OCCCOCCCCCCCCCCCCCc1cccs1. The molecule has 0 aliphatic heterocycles. The van der Waals surface area contributed by atoms with Gasteiger partial charge in [0.25, 0.3) is 0 Å². The molecule has 0 saturated carbocycles. The maximum absolute atomic E-state index is 5.65. The van der Waals surface area contributed by atoms with Gasteiger partial charge in [0.15, 0.2) is 0 Å². The number of aryl methyl sites for hydroxylation is 1. The van der Waals surface area contributed by atoms with E-state index in [1.54, 1.807) is 4.88 Å².